The van der Waals surface area contributed by atoms with Crippen LogP contribution in [0.15, 0.2) is 46.7 Å². The molecule has 1 N–H and O–H groups in total. The molecule has 1 aromatic carbocycles. The molecule has 0 saturated carbocycles. The molecular formula is C20H26N2O3S2. The van der Waals surface area contributed by atoms with Crippen molar-refractivity contribution < 1.29 is 13.2 Å². The summed E-state index contributed by atoms with van der Waals surface area (Å²) in [5.74, 6) is -0.203. The lowest BCUT2D eigenvalue weighted by atomic mass is 10.1. The lowest BCUT2D eigenvalue weighted by molar-refractivity contribution is 0.0957. The summed E-state index contributed by atoms with van der Waals surface area (Å²) in [6.07, 6.45) is 5.71. The van der Waals surface area contributed by atoms with Crippen molar-refractivity contribution in [1.29, 1.82) is 0 Å². The van der Waals surface area contributed by atoms with E-state index in [0.29, 0.717) is 24.5 Å². The van der Waals surface area contributed by atoms with Gasteiger partial charge in [0.1, 0.15) is 4.21 Å². The number of carbonyl (C=O) groups excluding carboxylic acids is 1. The van der Waals surface area contributed by atoms with Crippen molar-refractivity contribution in [3.63, 3.8) is 0 Å². The summed E-state index contributed by atoms with van der Waals surface area (Å²) in [6, 6.07) is 13.3. The average molecular weight is 407 g/mol. The Balaban J connectivity index is 1.53. The quantitative estimate of drug-likeness (QED) is 0.714. The van der Waals surface area contributed by atoms with E-state index in [-0.39, 0.29) is 10.1 Å². The van der Waals surface area contributed by atoms with E-state index in [2.05, 4.69) is 17.4 Å². The Hall–Kier alpha value is -1.70. The molecule has 146 valence electrons. The number of sulfonamides is 1. The van der Waals surface area contributed by atoms with E-state index in [9.17, 15) is 13.2 Å². The number of rotatable bonds is 7. The Bertz CT molecular complexity index is 839. The predicted octanol–water partition coefficient (Wildman–Crippen LogP) is 3.68. The van der Waals surface area contributed by atoms with Gasteiger partial charge < -0.3 is 5.32 Å². The van der Waals surface area contributed by atoms with E-state index in [4.69, 9.17) is 0 Å². The number of nitrogens with zero attached hydrogens (tertiary/aromatic N) is 1. The van der Waals surface area contributed by atoms with E-state index in [1.54, 1.807) is 16.4 Å². The van der Waals surface area contributed by atoms with Crippen molar-refractivity contribution in [2.75, 3.05) is 19.6 Å². The third-order valence-corrected chi connectivity index (χ3v) is 8.18. The van der Waals surface area contributed by atoms with Crippen molar-refractivity contribution in [2.24, 2.45) is 0 Å². The molecule has 7 heteroatoms. The van der Waals surface area contributed by atoms with Crippen LogP contribution in [-0.2, 0) is 16.4 Å². The molecule has 1 amide bonds. The Morgan fingerprint density at radius 3 is 2.41 bits per heavy atom. The number of aryl methyl sites for hydroxylation is 1. The smallest absolute Gasteiger partial charge is 0.261 e. The first-order valence-corrected chi connectivity index (χ1v) is 11.7. The summed E-state index contributed by atoms with van der Waals surface area (Å²) in [6.45, 7) is 1.71. The summed E-state index contributed by atoms with van der Waals surface area (Å²) >= 11 is 1.06. The highest BCUT2D eigenvalue weighted by molar-refractivity contribution is 7.91. The number of benzene rings is 1. The van der Waals surface area contributed by atoms with Gasteiger partial charge in [0.2, 0.25) is 0 Å². The second-order valence-corrected chi connectivity index (χ2v) is 10.0. The first-order chi connectivity index (χ1) is 13.1. The van der Waals surface area contributed by atoms with Crippen LogP contribution in [0.1, 0.15) is 47.3 Å². The van der Waals surface area contributed by atoms with Gasteiger partial charge in [0.05, 0.1) is 4.88 Å². The SMILES string of the molecule is O=C(NCCCc1ccccc1)c1ccc(S(=O)(=O)N2CCCCCC2)s1. The van der Waals surface area contributed by atoms with Crippen LogP contribution in [0.2, 0.25) is 0 Å². The second kappa shape index (κ2) is 9.48. The number of hydrogen-bond acceptors (Lipinski definition) is 4. The summed E-state index contributed by atoms with van der Waals surface area (Å²) in [4.78, 5) is 12.8. The topological polar surface area (TPSA) is 66.5 Å². The van der Waals surface area contributed by atoms with Crippen molar-refractivity contribution in [1.82, 2.24) is 9.62 Å². The van der Waals surface area contributed by atoms with Gasteiger partial charge in [0.15, 0.2) is 0 Å². The first-order valence-electron chi connectivity index (χ1n) is 9.49. The van der Waals surface area contributed by atoms with Gasteiger partial charge in [-0.25, -0.2) is 8.42 Å². The fourth-order valence-corrected chi connectivity index (χ4v) is 6.11. The largest absolute Gasteiger partial charge is 0.351 e. The number of thiophene rings is 1. The molecule has 3 rings (SSSR count). The number of carbonyl (C=O) groups is 1. The molecule has 0 aliphatic carbocycles. The van der Waals surface area contributed by atoms with Crippen molar-refractivity contribution in [3.05, 3.63) is 52.9 Å². The van der Waals surface area contributed by atoms with E-state index in [1.165, 1.54) is 5.56 Å². The molecule has 1 aromatic heterocycles. The summed E-state index contributed by atoms with van der Waals surface area (Å²) in [5, 5.41) is 2.89. The molecule has 1 aliphatic heterocycles. The zero-order chi connectivity index (χ0) is 19.1. The number of nitrogens with one attached hydrogen (secondary N) is 1. The zero-order valence-electron chi connectivity index (χ0n) is 15.4. The van der Waals surface area contributed by atoms with Gasteiger partial charge in [0, 0.05) is 19.6 Å². The molecule has 2 heterocycles. The normalized spacial score (nSPS) is 16.0. The van der Waals surface area contributed by atoms with Gasteiger partial charge >= 0.3 is 0 Å². The highest BCUT2D eigenvalue weighted by atomic mass is 32.2. The lowest BCUT2D eigenvalue weighted by Gasteiger charge is -2.18. The molecule has 1 fully saturated rings. The molecule has 0 radical (unpaired) electrons. The Kier molecular flexibility index (Phi) is 7.04. The molecular weight excluding hydrogens is 380 g/mol. The predicted molar refractivity (Wildman–Crippen MR) is 109 cm³/mol. The maximum Gasteiger partial charge on any atom is 0.261 e. The Morgan fingerprint density at radius 1 is 1.00 bits per heavy atom. The third-order valence-electron chi connectivity index (χ3n) is 4.73. The minimum Gasteiger partial charge on any atom is -0.351 e. The molecule has 27 heavy (non-hydrogen) atoms. The zero-order valence-corrected chi connectivity index (χ0v) is 17.0. The fraction of sp³-hybridized carbons (Fsp3) is 0.450. The Morgan fingerprint density at radius 2 is 1.70 bits per heavy atom. The average Bonchev–Trinajstić information content (AvgIpc) is 3.02. The minimum atomic E-state index is -3.49. The maximum absolute atomic E-state index is 12.8. The van der Waals surface area contributed by atoms with E-state index < -0.39 is 10.0 Å². The molecule has 0 bridgehead atoms. The highest BCUT2D eigenvalue weighted by Gasteiger charge is 2.27. The van der Waals surface area contributed by atoms with Crippen molar-refractivity contribution >= 4 is 27.3 Å². The Labute approximate surface area is 165 Å². The molecule has 0 spiro atoms. The fourth-order valence-electron chi connectivity index (χ4n) is 3.22. The molecule has 1 aliphatic rings. The van der Waals surface area contributed by atoms with Gasteiger partial charge in [-0.3, -0.25) is 4.79 Å². The van der Waals surface area contributed by atoms with Crippen LogP contribution in [0.25, 0.3) is 0 Å². The van der Waals surface area contributed by atoms with Crippen LogP contribution >= 0.6 is 11.3 Å². The third kappa shape index (κ3) is 5.40. The molecule has 2 aromatic rings. The molecule has 5 nitrogen and oxygen atoms in total. The van der Waals surface area contributed by atoms with Crippen molar-refractivity contribution in [3.8, 4) is 0 Å². The van der Waals surface area contributed by atoms with Crippen LogP contribution in [-0.4, -0.2) is 38.3 Å². The van der Waals surface area contributed by atoms with Gasteiger partial charge in [-0.2, -0.15) is 4.31 Å². The first kappa shape index (κ1) is 20.0. The minimum absolute atomic E-state index is 0.203. The monoisotopic (exact) mass is 406 g/mol. The van der Waals surface area contributed by atoms with Gasteiger partial charge in [-0.05, 0) is 43.4 Å². The van der Waals surface area contributed by atoms with E-state index >= 15 is 0 Å². The maximum atomic E-state index is 12.8. The number of amides is 1. The second-order valence-electron chi connectivity index (χ2n) is 6.78. The lowest BCUT2D eigenvalue weighted by Crippen LogP contribution is -2.31. The standard InChI is InChI=1S/C20H26N2O3S2/c23-20(21-14-8-11-17-9-4-3-5-10-17)18-12-13-19(26-18)27(24,25)22-15-6-1-2-7-16-22/h3-5,9-10,12-13H,1-2,6-8,11,14-16H2,(H,21,23). The van der Waals surface area contributed by atoms with Gasteiger partial charge in [-0.15, -0.1) is 11.3 Å². The molecule has 0 unspecified atom stereocenters. The number of hydrogen-bond donors (Lipinski definition) is 1. The van der Waals surface area contributed by atoms with Crippen molar-refractivity contribution in [2.45, 2.75) is 42.7 Å². The van der Waals surface area contributed by atoms with Crippen LogP contribution < -0.4 is 5.32 Å². The molecule has 0 atom stereocenters. The van der Waals surface area contributed by atoms with Gasteiger partial charge in [0.25, 0.3) is 15.9 Å². The molecule has 1 saturated heterocycles. The summed E-state index contributed by atoms with van der Waals surface area (Å²) < 4.78 is 27.4. The van der Waals surface area contributed by atoms with Gasteiger partial charge in [-0.1, -0.05) is 43.2 Å². The van der Waals surface area contributed by atoms with Crippen LogP contribution in [0.3, 0.4) is 0 Å². The van der Waals surface area contributed by atoms with Crippen LogP contribution in [0.5, 0.6) is 0 Å². The summed E-state index contributed by atoms with van der Waals surface area (Å²) in [7, 11) is -3.49. The van der Waals surface area contributed by atoms with E-state index in [0.717, 1.165) is 49.9 Å². The van der Waals surface area contributed by atoms with E-state index in [1.807, 2.05) is 18.2 Å². The van der Waals surface area contributed by atoms with Crippen LogP contribution in [0.4, 0.5) is 0 Å². The highest BCUT2D eigenvalue weighted by Crippen LogP contribution is 2.26. The van der Waals surface area contributed by atoms with Crippen LogP contribution in [0, 0.1) is 0 Å². The summed E-state index contributed by atoms with van der Waals surface area (Å²) in [5.41, 5.74) is 1.24.